The average molecular weight is 249 g/mol. The molecule has 4 nitrogen and oxygen atoms in total. The Bertz CT molecular complexity index is 439. The van der Waals surface area contributed by atoms with Crippen LogP contribution < -0.4 is 16.8 Å². The van der Waals surface area contributed by atoms with Crippen LogP contribution in [0.15, 0.2) is 18.2 Å². The van der Waals surface area contributed by atoms with Crippen molar-refractivity contribution in [1.29, 1.82) is 0 Å². The van der Waals surface area contributed by atoms with Gasteiger partial charge < -0.3 is 16.8 Å². The highest BCUT2D eigenvalue weighted by molar-refractivity contribution is 5.99. The molecule has 0 bridgehead atoms. The molecule has 1 rings (SSSR count). The molecule has 0 atom stereocenters. The number of primary amides is 1. The van der Waals surface area contributed by atoms with Gasteiger partial charge in [-0.1, -0.05) is 27.7 Å². The molecule has 4 heteroatoms. The predicted molar refractivity (Wildman–Crippen MR) is 76.5 cm³/mol. The number of anilines is 2. The number of nitrogens with one attached hydrogen (secondary N) is 1. The lowest BCUT2D eigenvalue weighted by atomic mass is 9.81. The third-order valence-electron chi connectivity index (χ3n) is 3.61. The van der Waals surface area contributed by atoms with Crippen molar-refractivity contribution < 1.29 is 4.79 Å². The molecule has 1 aromatic rings. The molecule has 18 heavy (non-hydrogen) atoms. The lowest BCUT2D eigenvalue weighted by Gasteiger charge is -2.30. The lowest BCUT2D eigenvalue weighted by Crippen LogP contribution is -2.29. The van der Waals surface area contributed by atoms with Gasteiger partial charge in [0.25, 0.3) is 5.91 Å². The minimum atomic E-state index is -0.466. The van der Waals surface area contributed by atoms with Crippen LogP contribution in [-0.2, 0) is 0 Å². The second-order valence-corrected chi connectivity index (χ2v) is 5.67. The zero-order valence-electron chi connectivity index (χ0n) is 11.6. The molecular formula is C14H23N3O. The summed E-state index contributed by atoms with van der Waals surface area (Å²) in [6.45, 7) is 9.51. The number of nitrogens with two attached hydrogens (primary N) is 2. The van der Waals surface area contributed by atoms with Crippen LogP contribution >= 0.6 is 0 Å². The van der Waals surface area contributed by atoms with Crippen molar-refractivity contribution in [2.24, 2.45) is 17.1 Å². The summed E-state index contributed by atoms with van der Waals surface area (Å²) in [7, 11) is 0. The fraction of sp³-hybridized carbons (Fsp3) is 0.500. The molecule has 0 saturated carbocycles. The molecule has 0 aliphatic carbocycles. The zero-order chi connectivity index (χ0) is 13.9. The van der Waals surface area contributed by atoms with Crippen molar-refractivity contribution in [3.63, 3.8) is 0 Å². The Morgan fingerprint density at radius 1 is 1.39 bits per heavy atom. The normalized spacial score (nSPS) is 11.6. The maximum absolute atomic E-state index is 11.4. The Balaban J connectivity index is 2.89. The Morgan fingerprint density at radius 3 is 2.50 bits per heavy atom. The number of hydrogen-bond acceptors (Lipinski definition) is 3. The van der Waals surface area contributed by atoms with E-state index in [9.17, 15) is 4.79 Å². The van der Waals surface area contributed by atoms with Crippen LogP contribution in [0.3, 0.4) is 0 Å². The SMILES string of the molecule is CC(C)C(C)(C)CNc1ccc(N)cc1C(N)=O. The first-order valence-corrected chi connectivity index (χ1v) is 6.17. The lowest BCUT2D eigenvalue weighted by molar-refractivity contribution is 0.100. The van der Waals surface area contributed by atoms with E-state index in [1.807, 2.05) is 0 Å². The number of benzene rings is 1. The molecule has 0 fully saturated rings. The summed E-state index contributed by atoms with van der Waals surface area (Å²) in [5, 5.41) is 3.29. The van der Waals surface area contributed by atoms with Gasteiger partial charge in [0.2, 0.25) is 0 Å². The van der Waals surface area contributed by atoms with Gasteiger partial charge in [0.1, 0.15) is 0 Å². The molecule has 0 aromatic heterocycles. The average Bonchev–Trinajstić information content (AvgIpc) is 2.27. The first-order valence-electron chi connectivity index (χ1n) is 6.17. The van der Waals surface area contributed by atoms with Crippen molar-refractivity contribution >= 4 is 17.3 Å². The van der Waals surface area contributed by atoms with Gasteiger partial charge in [0.15, 0.2) is 0 Å². The van der Waals surface area contributed by atoms with Crippen molar-refractivity contribution in [1.82, 2.24) is 0 Å². The third-order valence-corrected chi connectivity index (χ3v) is 3.61. The highest BCUT2D eigenvalue weighted by Crippen LogP contribution is 2.27. The molecule has 0 heterocycles. The quantitative estimate of drug-likeness (QED) is 0.701. The van der Waals surface area contributed by atoms with Crippen LogP contribution in [0, 0.1) is 11.3 Å². The van der Waals surface area contributed by atoms with Crippen LogP contribution in [0.1, 0.15) is 38.1 Å². The van der Waals surface area contributed by atoms with Crippen LogP contribution in [0.25, 0.3) is 0 Å². The molecular weight excluding hydrogens is 226 g/mol. The molecule has 0 unspecified atom stereocenters. The maximum atomic E-state index is 11.4. The molecule has 0 saturated heterocycles. The first kappa shape index (κ1) is 14.4. The van der Waals surface area contributed by atoms with Crippen LogP contribution in [0.4, 0.5) is 11.4 Å². The Labute approximate surface area is 109 Å². The third kappa shape index (κ3) is 3.39. The molecule has 100 valence electrons. The summed E-state index contributed by atoms with van der Waals surface area (Å²) in [4.78, 5) is 11.4. The first-order chi connectivity index (χ1) is 8.24. The number of carbonyl (C=O) groups excluding carboxylic acids is 1. The Kier molecular flexibility index (Phi) is 4.22. The smallest absolute Gasteiger partial charge is 0.250 e. The summed E-state index contributed by atoms with van der Waals surface area (Å²) in [6.07, 6.45) is 0. The Hall–Kier alpha value is -1.71. The summed E-state index contributed by atoms with van der Waals surface area (Å²) >= 11 is 0. The maximum Gasteiger partial charge on any atom is 0.250 e. The number of hydrogen-bond donors (Lipinski definition) is 3. The minimum absolute atomic E-state index is 0.135. The van der Waals surface area contributed by atoms with Gasteiger partial charge in [-0.3, -0.25) is 4.79 Å². The second-order valence-electron chi connectivity index (χ2n) is 5.67. The van der Waals surface area contributed by atoms with E-state index in [4.69, 9.17) is 11.5 Å². The van der Waals surface area contributed by atoms with Gasteiger partial charge in [0.05, 0.1) is 5.56 Å². The molecule has 1 amide bonds. The topological polar surface area (TPSA) is 81.1 Å². The van der Waals surface area contributed by atoms with E-state index in [0.717, 1.165) is 12.2 Å². The summed E-state index contributed by atoms with van der Waals surface area (Å²) < 4.78 is 0. The van der Waals surface area contributed by atoms with Gasteiger partial charge in [-0.05, 0) is 29.5 Å². The monoisotopic (exact) mass is 249 g/mol. The fourth-order valence-corrected chi connectivity index (χ4v) is 1.45. The number of nitrogen functional groups attached to an aromatic ring is 1. The molecule has 0 radical (unpaired) electrons. The van der Waals surface area contributed by atoms with Crippen LogP contribution in [0.5, 0.6) is 0 Å². The van der Waals surface area contributed by atoms with Gasteiger partial charge in [0, 0.05) is 17.9 Å². The van der Waals surface area contributed by atoms with Crippen molar-refractivity contribution in [2.75, 3.05) is 17.6 Å². The molecule has 1 aromatic carbocycles. The zero-order valence-corrected chi connectivity index (χ0v) is 11.6. The number of amides is 1. The van der Waals surface area contributed by atoms with Crippen LogP contribution in [0.2, 0.25) is 0 Å². The highest BCUT2D eigenvalue weighted by Gasteiger charge is 2.22. The predicted octanol–water partition coefficient (Wildman–Crippen LogP) is 2.46. The van der Waals surface area contributed by atoms with Gasteiger partial charge >= 0.3 is 0 Å². The fourth-order valence-electron chi connectivity index (χ4n) is 1.45. The van der Waals surface area contributed by atoms with E-state index in [1.165, 1.54) is 0 Å². The van der Waals surface area contributed by atoms with Crippen molar-refractivity contribution in [3.8, 4) is 0 Å². The summed E-state index contributed by atoms with van der Waals surface area (Å²) in [6, 6.07) is 5.16. The summed E-state index contributed by atoms with van der Waals surface area (Å²) in [5.74, 6) is 0.0722. The van der Waals surface area contributed by atoms with E-state index in [0.29, 0.717) is 17.2 Å². The second kappa shape index (κ2) is 5.29. The van der Waals surface area contributed by atoms with Crippen LogP contribution in [-0.4, -0.2) is 12.5 Å². The molecule has 5 N–H and O–H groups in total. The van der Waals surface area contributed by atoms with E-state index >= 15 is 0 Å². The van der Waals surface area contributed by atoms with E-state index in [-0.39, 0.29) is 5.41 Å². The molecule has 0 aliphatic rings. The highest BCUT2D eigenvalue weighted by atomic mass is 16.1. The Morgan fingerprint density at radius 2 is 2.00 bits per heavy atom. The van der Waals surface area contributed by atoms with Crippen molar-refractivity contribution in [3.05, 3.63) is 23.8 Å². The van der Waals surface area contributed by atoms with Crippen molar-refractivity contribution in [2.45, 2.75) is 27.7 Å². The minimum Gasteiger partial charge on any atom is -0.399 e. The number of carbonyl (C=O) groups is 1. The van der Waals surface area contributed by atoms with Gasteiger partial charge in [-0.15, -0.1) is 0 Å². The molecule has 0 aliphatic heterocycles. The van der Waals surface area contributed by atoms with Gasteiger partial charge in [-0.2, -0.15) is 0 Å². The van der Waals surface area contributed by atoms with E-state index in [2.05, 4.69) is 33.0 Å². The largest absolute Gasteiger partial charge is 0.399 e. The summed E-state index contributed by atoms with van der Waals surface area (Å²) in [5.41, 5.74) is 12.9. The van der Waals surface area contributed by atoms with Gasteiger partial charge in [-0.25, -0.2) is 0 Å². The van der Waals surface area contributed by atoms with E-state index in [1.54, 1.807) is 18.2 Å². The number of rotatable bonds is 5. The van der Waals surface area contributed by atoms with E-state index < -0.39 is 5.91 Å². The standard InChI is InChI=1S/C14H23N3O/c1-9(2)14(3,4)8-17-12-6-5-10(15)7-11(12)13(16)18/h5-7,9,17H,8,15H2,1-4H3,(H2,16,18). The molecule has 0 spiro atoms.